The van der Waals surface area contributed by atoms with Crippen LogP contribution >= 0.6 is 0 Å². The first-order valence-electron chi connectivity index (χ1n) is 6.59. The number of anilines is 1. The van der Waals surface area contributed by atoms with Gasteiger partial charge in [0.1, 0.15) is 12.1 Å². The molecule has 0 spiro atoms. The van der Waals surface area contributed by atoms with Crippen molar-refractivity contribution >= 4 is 16.7 Å². The molecule has 0 saturated carbocycles. The van der Waals surface area contributed by atoms with Gasteiger partial charge in [-0.2, -0.15) is 0 Å². The van der Waals surface area contributed by atoms with Crippen LogP contribution in [0.2, 0.25) is 0 Å². The van der Waals surface area contributed by atoms with E-state index in [-0.39, 0.29) is 0 Å². The molecular formula is C16H16N4. The maximum Gasteiger partial charge on any atom is 0.137 e. The summed E-state index contributed by atoms with van der Waals surface area (Å²) in [6.07, 6.45) is 1.58. The molecule has 0 aliphatic carbocycles. The molecule has 3 N–H and O–H groups in total. The van der Waals surface area contributed by atoms with Crippen molar-refractivity contribution in [2.45, 2.75) is 13.1 Å². The van der Waals surface area contributed by atoms with E-state index in [1.165, 1.54) is 5.56 Å². The lowest BCUT2D eigenvalue weighted by Gasteiger charge is -2.11. The van der Waals surface area contributed by atoms with Gasteiger partial charge < -0.3 is 11.1 Å². The second-order valence-corrected chi connectivity index (χ2v) is 4.57. The molecule has 0 saturated heterocycles. The van der Waals surface area contributed by atoms with Gasteiger partial charge in [-0.15, -0.1) is 0 Å². The highest BCUT2D eigenvalue weighted by atomic mass is 15.0. The van der Waals surface area contributed by atoms with E-state index in [2.05, 4.69) is 27.4 Å². The van der Waals surface area contributed by atoms with Crippen LogP contribution in [0.25, 0.3) is 10.9 Å². The highest BCUT2D eigenvalue weighted by molar-refractivity contribution is 5.88. The molecule has 4 nitrogen and oxygen atoms in total. The van der Waals surface area contributed by atoms with Crippen LogP contribution in [0.3, 0.4) is 0 Å². The predicted molar refractivity (Wildman–Crippen MR) is 81.2 cm³/mol. The van der Waals surface area contributed by atoms with E-state index in [1.807, 2.05) is 36.4 Å². The molecule has 0 amide bonds. The van der Waals surface area contributed by atoms with Crippen LogP contribution in [-0.2, 0) is 13.1 Å². The molecular weight excluding hydrogens is 248 g/mol. The Hall–Kier alpha value is -2.46. The van der Waals surface area contributed by atoms with Crippen molar-refractivity contribution < 1.29 is 0 Å². The molecule has 20 heavy (non-hydrogen) atoms. The summed E-state index contributed by atoms with van der Waals surface area (Å²) >= 11 is 0. The van der Waals surface area contributed by atoms with E-state index in [1.54, 1.807) is 6.33 Å². The van der Waals surface area contributed by atoms with E-state index < -0.39 is 0 Å². The third-order valence-electron chi connectivity index (χ3n) is 3.33. The molecule has 0 fully saturated rings. The van der Waals surface area contributed by atoms with Gasteiger partial charge in [0.15, 0.2) is 0 Å². The SMILES string of the molecule is NCc1ccccc1CNc1ncnc2ccccc12. The first kappa shape index (κ1) is 12.6. The zero-order chi connectivity index (χ0) is 13.8. The summed E-state index contributed by atoms with van der Waals surface area (Å²) in [6.45, 7) is 1.25. The van der Waals surface area contributed by atoms with Crippen molar-refractivity contribution in [3.63, 3.8) is 0 Å². The van der Waals surface area contributed by atoms with Crippen molar-refractivity contribution in [2.75, 3.05) is 5.32 Å². The Kier molecular flexibility index (Phi) is 3.56. The highest BCUT2D eigenvalue weighted by Crippen LogP contribution is 2.19. The molecule has 1 aromatic heterocycles. The lowest BCUT2D eigenvalue weighted by Crippen LogP contribution is -2.07. The molecule has 0 bridgehead atoms. The summed E-state index contributed by atoms with van der Waals surface area (Å²) in [7, 11) is 0. The van der Waals surface area contributed by atoms with Crippen molar-refractivity contribution in [2.24, 2.45) is 5.73 Å². The minimum atomic E-state index is 0.544. The normalized spacial score (nSPS) is 10.7. The zero-order valence-electron chi connectivity index (χ0n) is 11.1. The molecule has 3 rings (SSSR count). The molecule has 0 unspecified atom stereocenters. The van der Waals surface area contributed by atoms with Gasteiger partial charge in [-0.1, -0.05) is 36.4 Å². The van der Waals surface area contributed by atoms with Gasteiger partial charge in [0, 0.05) is 18.5 Å². The number of nitrogens with one attached hydrogen (secondary N) is 1. The van der Waals surface area contributed by atoms with Gasteiger partial charge in [-0.3, -0.25) is 0 Å². The van der Waals surface area contributed by atoms with Crippen LogP contribution in [0, 0.1) is 0 Å². The number of hydrogen-bond acceptors (Lipinski definition) is 4. The fourth-order valence-corrected chi connectivity index (χ4v) is 2.25. The third-order valence-corrected chi connectivity index (χ3v) is 3.33. The van der Waals surface area contributed by atoms with E-state index in [9.17, 15) is 0 Å². The fourth-order valence-electron chi connectivity index (χ4n) is 2.25. The fraction of sp³-hybridized carbons (Fsp3) is 0.125. The minimum absolute atomic E-state index is 0.544. The maximum atomic E-state index is 5.76. The molecule has 0 atom stereocenters. The van der Waals surface area contributed by atoms with E-state index >= 15 is 0 Å². The molecule has 2 aromatic carbocycles. The van der Waals surface area contributed by atoms with Gasteiger partial charge in [0.05, 0.1) is 5.52 Å². The van der Waals surface area contributed by atoms with Crippen molar-refractivity contribution in [3.05, 3.63) is 66.0 Å². The van der Waals surface area contributed by atoms with Crippen LogP contribution in [0.1, 0.15) is 11.1 Å². The number of para-hydroxylation sites is 1. The number of fused-ring (bicyclic) bond motifs is 1. The summed E-state index contributed by atoms with van der Waals surface area (Å²) < 4.78 is 0. The Balaban J connectivity index is 1.87. The van der Waals surface area contributed by atoms with Gasteiger partial charge in [-0.05, 0) is 23.3 Å². The summed E-state index contributed by atoms with van der Waals surface area (Å²) in [5.74, 6) is 0.849. The first-order chi connectivity index (χ1) is 9.88. The topological polar surface area (TPSA) is 63.8 Å². The van der Waals surface area contributed by atoms with Crippen LogP contribution in [0.4, 0.5) is 5.82 Å². The lowest BCUT2D eigenvalue weighted by atomic mass is 10.1. The number of nitrogens with two attached hydrogens (primary N) is 1. The Morgan fingerprint density at radius 2 is 1.65 bits per heavy atom. The summed E-state index contributed by atoms with van der Waals surface area (Å²) in [5, 5.41) is 4.40. The van der Waals surface area contributed by atoms with Crippen LogP contribution in [0.15, 0.2) is 54.9 Å². The Labute approximate surface area is 117 Å². The number of nitrogens with zero attached hydrogens (tertiary/aromatic N) is 2. The lowest BCUT2D eigenvalue weighted by molar-refractivity contribution is 1.00. The molecule has 4 heteroatoms. The van der Waals surface area contributed by atoms with Crippen molar-refractivity contribution in [3.8, 4) is 0 Å². The van der Waals surface area contributed by atoms with Crippen LogP contribution in [-0.4, -0.2) is 9.97 Å². The molecule has 1 heterocycles. The summed E-state index contributed by atoms with van der Waals surface area (Å²) in [6, 6.07) is 16.1. The maximum absolute atomic E-state index is 5.76. The summed E-state index contributed by atoms with van der Waals surface area (Å²) in [4.78, 5) is 8.58. The number of aromatic nitrogens is 2. The van der Waals surface area contributed by atoms with E-state index in [0.29, 0.717) is 13.1 Å². The van der Waals surface area contributed by atoms with Crippen LogP contribution < -0.4 is 11.1 Å². The minimum Gasteiger partial charge on any atom is -0.365 e. The monoisotopic (exact) mass is 264 g/mol. The molecule has 100 valence electrons. The van der Waals surface area contributed by atoms with Gasteiger partial charge in [-0.25, -0.2) is 9.97 Å². The smallest absolute Gasteiger partial charge is 0.137 e. The number of rotatable bonds is 4. The van der Waals surface area contributed by atoms with E-state index in [0.717, 1.165) is 22.3 Å². The largest absolute Gasteiger partial charge is 0.365 e. The van der Waals surface area contributed by atoms with Gasteiger partial charge >= 0.3 is 0 Å². The van der Waals surface area contributed by atoms with Crippen molar-refractivity contribution in [1.29, 1.82) is 0 Å². The summed E-state index contributed by atoms with van der Waals surface area (Å²) in [5.41, 5.74) is 9.04. The third kappa shape index (κ3) is 2.46. The molecule has 0 radical (unpaired) electrons. The molecule has 0 aliphatic rings. The quantitative estimate of drug-likeness (QED) is 0.760. The Morgan fingerprint density at radius 1 is 0.900 bits per heavy atom. The second kappa shape index (κ2) is 5.67. The average Bonchev–Trinajstić information content (AvgIpc) is 2.53. The Bertz CT molecular complexity index is 719. The zero-order valence-corrected chi connectivity index (χ0v) is 11.1. The predicted octanol–water partition coefficient (Wildman–Crippen LogP) is 2.70. The number of hydrogen-bond donors (Lipinski definition) is 2. The van der Waals surface area contributed by atoms with Gasteiger partial charge in [0.25, 0.3) is 0 Å². The van der Waals surface area contributed by atoms with Crippen LogP contribution in [0.5, 0.6) is 0 Å². The highest BCUT2D eigenvalue weighted by Gasteiger charge is 2.04. The van der Waals surface area contributed by atoms with E-state index in [4.69, 9.17) is 5.73 Å². The standard InChI is InChI=1S/C16H16N4/c17-9-12-5-1-2-6-13(12)10-18-16-14-7-3-4-8-15(14)19-11-20-16/h1-8,11H,9-10,17H2,(H,18,19,20). The first-order valence-corrected chi connectivity index (χ1v) is 6.59. The average molecular weight is 264 g/mol. The van der Waals surface area contributed by atoms with Gasteiger partial charge in [0.2, 0.25) is 0 Å². The number of benzene rings is 2. The second-order valence-electron chi connectivity index (χ2n) is 4.57. The van der Waals surface area contributed by atoms with Crippen molar-refractivity contribution in [1.82, 2.24) is 9.97 Å². The molecule has 3 aromatic rings. The molecule has 0 aliphatic heterocycles. The Morgan fingerprint density at radius 3 is 2.50 bits per heavy atom.